The number of aryl methyl sites for hydroxylation is 2. The number of anilines is 2. The van der Waals surface area contributed by atoms with E-state index in [0.29, 0.717) is 34.8 Å². The Bertz CT molecular complexity index is 1600. The fourth-order valence-electron chi connectivity index (χ4n) is 3.86. The number of hydrogen-bond acceptors (Lipinski definition) is 11. The van der Waals surface area contributed by atoms with Gasteiger partial charge >= 0.3 is 5.97 Å². The minimum atomic E-state index is -0.585. The molecular formula is C27H28N6O7. The molecular weight excluding hydrogens is 520 g/mol. The topological polar surface area (TPSA) is 175 Å². The summed E-state index contributed by atoms with van der Waals surface area (Å²) in [7, 11) is 3.14. The molecule has 1 aromatic carbocycles. The van der Waals surface area contributed by atoms with Crippen molar-refractivity contribution in [2.75, 3.05) is 12.4 Å². The van der Waals surface area contributed by atoms with Crippen LogP contribution < -0.4 is 5.32 Å². The third kappa shape index (κ3) is 6.75. The number of aromatic nitrogens is 4. The zero-order valence-corrected chi connectivity index (χ0v) is 22.5. The molecule has 0 bridgehead atoms. The zero-order chi connectivity index (χ0) is 29.4. The summed E-state index contributed by atoms with van der Waals surface area (Å²) in [4.78, 5) is 37.1. The number of methoxy groups -OCH3 is 1. The second kappa shape index (κ2) is 13.3. The number of fused-ring (bicyclic) bond motifs is 1. The van der Waals surface area contributed by atoms with Crippen molar-refractivity contribution >= 4 is 34.3 Å². The maximum Gasteiger partial charge on any atom is 0.341 e. The Hall–Kier alpha value is -4.90. The first kappa shape index (κ1) is 29.7. The van der Waals surface area contributed by atoms with Gasteiger partial charge in [-0.05, 0) is 36.6 Å². The number of pyridine rings is 1. The highest BCUT2D eigenvalue weighted by atomic mass is 17.4. The van der Waals surface area contributed by atoms with E-state index < -0.39 is 10.9 Å². The molecule has 40 heavy (non-hydrogen) atoms. The first-order valence-electron chi connectivity index (χ1n) is 12.0. The SMILES string of the molecule is COC(=O)c1cnc(Nc2cc([N+](=O)[O-])c(C#CCC(C)C)cc2C)nc1-c1cn(C)c2ncccc12.OOO. The molecule has 0 amide bonds. The van der Waals surface area contributed by atoms with Crippen LogP contribution >= 0.6 is 0 Å². The predicted molar refractivity (Wildman–Crippen MR) is 147 cm³/mol. The van der Waals surface area contributed by atoms with E-state index in [9.17, 15) is 14.9 Å². The normalized spacial score (nSPS) is 10.4. The number of nitrogens with one attached hydrogen (secondary N) is 1. The molecule has 0 saturated heterocycles. The Morgan fingerprint density at radius 2 is 2.00 bits per heavy atom. The number of carbonyl (C=O) groups excluding carboxylic acids is 1. The highest BCUT2D eigenvalue weighted by molar-refractivity contribution is 6.02. The van der Waals surface area contributed by atoms with Gasteiger partial charge in [0.1, 0.15) is 16.8 Å². The number of hydrogen-bond donors (Lipinski definition) is 3. The van der Waals surface area contributed by atoms with Gasteiger partial charge in [-0.15, -0.1) is 0 Å². The van der Waals surface area contributed by atoms with Gasteiger partial charge in [-0.2, -0.15) is 0 Å². The van der Waals surface area contributed by atoms with E-state index in [1.54, 1.807) is 18.3 Å². The first-order chi connectivity index (χ1) is 19.1. The van der Waals surface area contributed by atoms with Crippen molar-refractivity contribution in [3.63, 3.8) is 0 Å². The molecule has 0 aliphatic heterocycles. The average molecular weight is 549 g/mol. The van der Waals surface area contributed by atoms with E-state index in [2.05, 4.69) is 37.1 Å². The summed E-state index contributed by atoms with van der Waals surface area (Å²) in [5.74, 6) is 5.88. The first-order valence-corrected chi connectivity index (χ1v) is 12.0. The molecule has 3 heterocycles. The highest BCUT2D eigenvalue weighted by Crippen LogP contribution is 2.33. The second-order valence-electron chi connectivity index (χ2n) is 9.02. The summed E-state index contributed by atoms with van der Waals surface area (Å²) in [6.07, 6.45) is 5.54. The van der Waals surface area contributed by atoms with Crippen LogP contribution in [0.25, 0.3) is 22.3 Å². The fraction of sp³-hybridized carbons (Fsp3) is 0.259. The summed E-state index contributed by atoms with van der Waals surface area (Å²) in [5.41, 5.74) is 3.36. The van der Waals surface area contributed by atoms with Crippen molar-refractivity contribution in [1.29, 1.82) is 0 Å². The van der Waals surface area contributed by atoms with Crippen molar-refractivity contribution < 1.29 is 30.0 Å². The summed E-state index contributed by atoms with van der Waals surface area (Å²) in [6, 6.07) is 6.79. The van der Waals surface area contributed by atoms with Gasteiger partial charge in [-0.1, -0.05) is 30.7 Å². The molecule has 0 atom stereocenters. The van der Waals surface area contributed by atoms with Crippen LogP contribution in [0.4, 0.5) is 17.3 Å². The van der Waals surface area contributed by atoms with E-state index in [1.807, 2.05) is 44.6 Å². The molecule has 13 nitrogen and oxygen atoms in total. The van der Waals surface area contributed by atoms with E-state index in [1.165, 1.54) is 19.4 Å². The van der Waals surface area contributed by atoms with Crippen LogP contribution in [0.15, 0.2) is 42.9 Å². The molecule has 13 heteroatoms. The number of rotatable bonds is 6. The van der Waals surface area contributed by atoms with E-state index >= 15 is 0 Å². The van der Waals surface area contributed by atoms with Gasteiger partial charge < -0.3 is 14.6 Å². The lowest BCUT2D eigenvalue weighted by Crippen LogP contribution is -2.09. The molecule has 0 radical (unpaired) electrons. The maximum absolute atomic E-state index is 12.5. The molecule has 3 aromatic heterocycles. The summed E-state index contributed by atoms with van der Waals surface area (Å²) < 4.78 is 6.79. The van der Waals surface area contributed by atoms with Crippen LogP contribution in [0, 0.1) is 34.8 Å². The van der Waals surface area contributed by atoms with Crippen LogP contribution in [-0.2, 0) is 16.8 Å². The molecule has 0 aliphatic rings. The monoisotopic (exact) mass is 548 g/mol. The minimum absolute atomic E-state index is 0.115. The lowest BCUT2D eigenvalue weighted by Gasteiger charge is -2.12. The van der Waals surface area contributed by atoms with Crippen LogP contribution in [0.5, 0.6) is 0 Å². The van der Waals surface area contributed by atoms with E-state index in [4.69, 9.17) is 15.3 Å². The van der Waals surface area contributed by atoms with Crippen molar-refractivity contribution in [2.24, 2.45) is 13.0 Å². The van der Waals surface area contributed by atoms with Gasteiger partial charge in [0.05, 0.1) is 23.4 Å². The number of nitro benzene ring substituents is 1. The van der Waals surface area contributed by atoms with E-state index in [-0.39, 0.29) is 17.2 Å². The predicted octanol–water partition coefficient (Wildman–Crippen LogP) is 5.12. The molecule has 0 fully saturated rings. The fourth-order valence-corrected chi connectivity index (χ4v) is 3.86. The number of ether oxygens (including phenoxy) is 1. The number of carbonyl (C=O) groups is 1. The van der Waals surface area contributed by atoms with Gasteiger partial charge in [0.15, 0.2) is 0 Å². The van der Waals surface area contributed by atoms with Gasteiger partial charge in [0.25, 0.3) is 5.69 Å². The van der Waals surface area contributed by atoms with Crippen molar-refractivity contribution in [3.8, 4) is 23.1 Å². The molecule has 0 aliphatic carbocycles. The average Bonchev–Trinajstić information content (AvgIpc) is 3.26. The molecule has 0 saturated carbocycles. The zero-order valence-electron chi connectivity index (χ0n) is 22.5. The largest absolute Gasteiger partial charge is 0.465 e. The Labute approximate surface area is 229 Å². The van der Waals surface area contributed by atoms with Gasteiger partial charge in [0.2, 0.25) is 5.95 Å². The number of esters is 1. The smallest absolute Gasteiger partial charge is 0.341 e. The van der Waals surface area contributed by atoms with Crippen LogP contribution in [0.1, 0.15) is 41.8 Å². The van der Waals surface area contributed by atoms with Crippen LogP contribution in [0.2, 0.25) is 0 Å². The summed E-state index contributed by atoms with van der Waals surface area (Å²) in [5, 5.41) is 31.1. The molecule has 3 N–H and O–H groups in total. The van der Waals surface area contributed by atoms with Gasteiger partial charge in [-0.25, -0.2) is 30.3 Å². The Morgan fingerprint density at radius 1 is 1.27 bits per heavy atom. The molecule has 208 valence electrons. The number of nitro groups is 1. The molecule has 4 aromatic rings. The molecule has 0 unspecified atom stereocenters. The van der Waals surface area contributed by atoms with E-state index in [0.717, 1.165) is 16.6 Å². The van der Waals surface area contributed by atoms with Crippen molar-refractivity contribution in [2.45, 2.75) is 27.2 Å². The number of nitrogens with zero attached hydrogens (tertiary/aromatic N) is 5. The Morgan fingerprint density at radius 3 is 2.65 bits per heavy atom. The lowest BCUT2D eigenvalue weighted by atomic mass is 10.1. The maximum atomic E-state index is 12.5. The quantitative estimate of drug-likeness (QED) is 0.0958. The lowest BCUT2D eigenvalue weighted by molar-refractivity contribution is -0.465. The Balaban J connectivity index is 0.00000141. The van der Waals surface area contributed by atoms with Gasteiger partial charge in [-0.3, -0.25) is 10.1 Å². The standard InChI is InChI=1S/C27H26N6O4.H2O3/c1-16(2)8-6-9-18-12-17(3)22(13-23(18)33(35)36)30-27-29-14-20(26(34)37-5)24(31-27)21-15-32(4)25-19(21)10-7-11-28-25;1-3-2/h7,10-16H,8H2,1-5H3,(H,29,30,31);1-2H. The summed E-state index contributed by atoms with van der Waals surface area (Å²) in [6.45, 7) is 5.89. The van der Waals surface area contributed by atoms with Gasteiger partial charge in [0, 0.05) is 49.1 Å². The second-order valence-corrected chi connectivity index (χ2v) is 9.02. The Kier molecular flexibility index (Phi) is 9.82. The molecule has 4 rings (SSSR count). The third-order valence-electron chi connectivity index (χ3n) is 5.70. The van der Waals surface area contributed by atoms with Crippen LogP contribution in [0.3, 0.4) is 0 Å². The third-order valence-corrected chi connectivity index (χ3v) is 5.70. The van der Waals surface area contributed by atoms with Crippen molar-refractivity contribution in [1.82, 2.24) is 19.5 Å². The molecule has 0 spiro atoms. The van der Waals surface area contributed by atoms with Crippen molar-refractivity contribution in [3.05, 3.63) is 69.7 Å². The summed E-state index contributed by atoms with van der Waals surface area (Å²) >= 11 is 0. The highest BCUT2D eigenvalue weighted by Gasteiger charge is 2.22. The number of benzene rings is 1. The van der Waals surface area contributed by atoms with Crippen LogP contribution in [-0.4, -0.2) is 48.0 Å². The minimum Gasteiger partial charge on any atom is -0.465 e.